The molecule has 2 fully saturated rings. The lowest BCUT2D eigenvalue weighted by molar-refractivity contribution is -0.229. The second-order valence-corrected chi connectivity index (χ2v) is 10.3. The van der Waals surface area contributed by atoms with Gasteiger partial charge in [0.25, 0.3) is 0 Å². The smallest absolute Gasteiger partial charge is 0.157 e. The van der Waals surface area contributed by atoms with E-state index in [1.54, 1.807) is 11.1 Å². The van der Waals surface area contributed by atoms with Crippen LogP contribution < -0.4 is 0 Å². The van der Waals surface area contributed by atoms with E-state index in [0.29, 0.717) is 11.8 Å². The van der Waals surface area contributed by atoms with E-state index in [4.69, 9.17) is 18.9 Å². The van der Waals surface area contributed by atoms with E-state index in [1.165, 1.54) is 51.4 Å². The molecule has 0 spiro atoms. The van der Waals surface area contributed by atoms with Gasteiger partial charge in [-0.05, 0) is 70.1 Å². The van der Waals surface area contributed by atoms with E-state index in [0.717, 1.165) is 51.1 Å². The molecule has 2 aliphatic carbocycles. The van der Waals surface area contributed by atoms with E-state index in [2.05, 4.69) is 26.0 Å². The van der Waals surface area contributed by atoms with Gasteiger partial charge in [-0.1, -0.05) is 30.2 Å². The molecule has 4 heteroatoms. The Labute approximate surface area is 183 Å². The maximum Gasteiger partial charge on any atom is 0.157 e. The monoisotopic (exact) mass is 418 g/mol. The van der Waals surface area contributed by atoms with Crippen molar-refractivity contribution in [2.45, 2.75) is 90.6 Å². The summed E-state index contributed by atoms with van der Waals surface area (Å²) in [6.07, 6.45) is 17.1. The Balaban J connectivity index is 1.09. The van der Waals surface area contributed by atoms with Gasteiger partial charge in [0.05, 0.1) is 26.4 Å². The zero-order valence-corrected chi connectivity index (χ0v) is 19.2. The first kappa shape index (κ1) is 22.5. The van der Waals surface area contributed by atoms with Gasteiger partial charge in [-0.25, -0.2) is 0 Å². The van der Waals surface area contributed by atoms with Gasteiger partial charge >= 0.3 is 0 Å². The second-order valence-electron chi connectivity index (χ2n) is 10.3. The summed E-state index contributed by atoms with van der Waals surface area (Å²) in [7, 11) is 0. The average molecular weight is 419 g/mol. The molecule has 0 bridgehead atoms. The summed E-state index contributed by atoms with van der Waals surface area (Å²) < 4.78 is 23.4. The normalized spacial score (nSPS) is 38.1. The van der Waals surface area contributed by atoms with Crippen LogP contribution in [0.1, 0.15) is 78.1 Å². The zero-order valence-electron chi connectivity index (χ0n) is 19.2. The SMILES string of the molecule is CC1=CCC(C2CC=C(CCC3COC(CCC4OCC(C)CO4)OC3)CC2)CC1. The van der Waals surface area contributed by atoms with Crippen molar-refractivity contribution >= 4 is 0 Å². The molecule has 0 aromatic heterocycles. The lowest BCUT2D eigenvalue weighted by atomic mass is 9.74. The molecule has 2 atom stereocenters. The molecule has 0 aromatic carbocycles. The van der Waals surface area contributed by atoms with Gasteiger partial charge in [0.15, 0.2) is 12.6 Å². The Bertz CT molecular complexity index is 582. The first-order valence-electron chi connectivity index (χ1n) is 12.5. The third-order valence-electron chi connectivity index (χ3n) is 7.57. The van der Waals surface area contributed by atoms with E-state index >= 15 is 0 Å². The minimum absolute atomic E-state index is 0.0816. The van der Waals surface area contributed by atoms with Gasteiger partial charge in [0.2, 0.25) is 0 Å². The minimum atomic E-state index is -0.0874. The molecule has 0 amide bonds. The highest BCUT2D eigenvalue weighted by Crippen LogP contribution is 2.38. The highest BCUT2D eigenvalue weighted by Gasteiger charge is 2.27. The summed E-state index contributed by atoms with van der Waals surface area (Å²) in [6, 6.07) is 0. The van der Waals surface area contributed by atoms with Crippen LogP contribution in [0.5, 0.6) is 0 Å². The molecule has 2 unspecified atom stereocenters. The van der Waals surface area contributed by atoms with Crippen molar-refractivity contribution in [3.8, 4) is 0 Å². The van der Waals surface area contributed by atoms with Gasteiger partial charge in [0, 0.05) is 24.7 Å². The Kier molecular flexibility index (Phi) is 8.45. The minimum Gasteiger partial charge on any atom is -0.352 e. The maximum atomic E-state index is 5.99. The molecule has 30 heavy (non-hydrogen) atoms. The molecular formula is C26H42O4. The average Bonchev–Trinajstić information content (AvgIpc) is 2.79. The fraction of sp³-hybridized carbons (Fsp3) is 0.846. The molecule has 2 saturated heterocycles. The quantitative estimate of drug-likeness (QED) is 0.474. The van der Waals surface area contributed by atoms with Crippen molar-refractivity contribution in [2.75, 3.05) is 26.4 Å². The van der Waals surface area contributed by atoms with Crippen LogP contribution in [0.4, 0.5) is 0 Å². The van der Waals surface area contributed by atoms with Gasteiger partial charge in [0.1, 0.15) is 0 Å². The molecule has 4 rings (SSSR count). The van der Waals surface area contributed by atoms with E-state index in [-0.39, 0.29) is 12.6 Å². The number of hydrogen-bond donors (Lipinski definition) is 0. The highest BCUT2D eigenvalue weighted by molar-refractivity contribution is 5.10. The van der Waals surface area contributed by atoms with Crippen LogP contribution in [0.25, 0.3) is 0 Å². The first-order valence-corrected chi connectivity index (χ1v) is 12.5. The fourth-order valence-corrected chi connectivity index (χ4v) is 5.36. The van der Waals surface area contributed by atoms with Crippen LogP contribution in [0.3, 0.4) is 0 Å². The molecule has 0 saturated carbocycles. The Morgan fingerprint density at radius 2 is 1.37 bits per heavy atom. The van der Waals surface area contributed by atoms with Gasteiger partial charge in [-0.2, -0.15) is 0 Å². The first-order chi connectivity index (χ1) is 14.7. The summed E-state index contributed by atoms with van der Waals surface area (Å²) in [5, 5.41) is 0. The van der Waals surface area contributed by atoms with E-state index in [1.807, 2.05) is 0 Å². The molecule has 170 valence electrons. The predicted octanol–water partition coefficient (Wildman–Crippen LogP) is 6.02. The summed E-state index contributed by atoms with van der Waals surface area (Å²) in [5.74, 6) is 2.88. The summed E-state index contributed by atoms with van der Waals surface area (Å²) in [5.41, 5.74) is 3.28. The fourth-order valence-electron chi connectivity index (χ4n) is 5.36. The molecule has 4 nitrogen and oxygen atoms in total. The van der Waals surface area contributed by atoms with Crippen molar-refractivity contribution in [1.82, 2.24) is 0 Å². The van der Waals surface area contributed by atoms with Crippen LogP contribution >= 0.6 is 0 Å². The van der Waals surface area contributed by atoms with Gasteiger partial charge < -0.3 is 18.9 Å². The standard InChI is InChI=1S/C26H42O4/c1-19-3-9-23(10-4-19)24-11-7-21(8-12-24)5-6-22-17-29-26(30-18-22)14-13-25-27-15-20(2)16-28-25/h3,7,20,22-26H,4-6,8-18H2,1-2H3. The Morgan fingerprint density at radius 3 is 1.93 bits per heavy atom. The predicted molar refractivity (Wildman–Crippen MR) is 119 cm³/mol. The van der Waals surface area contributed by atoms with Crippen LogP contribution in [-0.2, 0) is 18.9 Å². The van der Waals surface area contributed by atoms with Crippen LogP contribution in [-0.4, -0.2) is 39.0 Å². The van der Waals surface area contributed by atoms with Gasteiger partial charge in [-0.3, -0.25) is 0 Å². The maximum absolute atomic E-state index is 5.99. The van der Waals surface area contributed by atoms with E-state index in [9.17, 15) is 0 Å². The van der Waals surface area contributed by atoms with Crippen molar-refractivity contribution in [2.24, 2.45) is 23.7 Å². The lowest BCUT2D eigenvalue weighted by Crippen LogP contribution is -2.35. The van der Waals surface area contributed by atoms with E-state index < -0.39 is 0 Å². The van der Waals surface area contributed by atoms with Crippen molar-refractivity contribution in [1.29, 1.82) is 0 Å². The topological polar surface area (TPSA) is 36.9 Å². The van der Waals surface area contributed by atoms with Crippen molar-refractivity contribution in [3.05, 3.63) is 23.3 Å². The molecule has 0 radical (unpaired) electrons. The third kappa shape index (κ3) is 6.66. The summed E-state index contributed by atoms with van der Waals surface area (Å²) in [6.45, 7) is 7.70. The second kappa shape index (κ2) is 11.3. The molecular weight excluding hydrogens is 376 g/mol. The van der Waals surface area contributed by atoms with Crippen LogP contribution in [0, 0.1) is 23.7 Å². The lowest BCUT2D eigenvalue weighted by Gasteiger charge is -2.33. The largest absolute Gasteiger partial charge is 0.352 e. The van der Waals surface area contributed by atoms with Gasteiger partial charge in [-0.15, -0.1) is 0 Å². The van der Waals surface area contributed by atoms with Crippen molar-refractivity contribution < 1.29 is 18.9 Å². The summed E-state index contributed by atoms with van der Waals surface area (Å²) >= 11 is 0. The molecule has 4 aliphatic rings. The molecule has 2 aliphatic heterocycles. The molecule has 0 aromatic rings. The number of hydrogen-bond acceptors (Lipinski definition) is 4. The molecule has 2 heterocycles. The third-order valence-corrected chi connectivity index (χ3v) is 7.57. The van der Waals surface area contributed by atoms with Crippen molar-refractivity contribution in [3.63, 3.8) is 0 Å². The van der Waals surface area contributed by atoms with Crippen LogP contribution in [0.2, 0.25) is 0 Å². The Morgan fingerprint density at radius 1 is 0.767 bits per heavy atom. The van der Waals surface area contributed by atoms with Crippen LogP contribution in [0.15, 0.2) is 23.3 Å². The zero-order chi connectivity index (χ0) is 20.8. The number of ether oxygens (including phenoxy) is 4. The number of allylic oxidation sites excluding steroid dienone is 4. The summed E-state index contributed by atoms with van der Waals surface area (Å²) in [4.78, 5) is 0. The highest BCUT2D eigenvalue weighted by atomic mass is 16.7. The Hall–Kier alpha value is -0.680. The number of rotatable bonds is 7. The molecule has 0 N–H and O–H groups in total.